The van der Waals surface area contributed by atoms with Crippen LogP contribution in [0.15, 0.2) is 35.3 Å². The second-order valence-corrected chi connectivity index (χ2v) is 6.91. The number of nitrogens with zero attached hydrogens (tertiary/aromatic N) is 3. The van der Waals surface area contributed by atoms with E-state index in [9.17, 15) is 14.4 Å². The molecular formula is C19H21ClN4O3. The first-order valence-electron chi connectivity index (χ1n) is 8.87. The highest BCUT2D eigenvalue weighted by Gasteiger charge is 2.18. The van der Waals surface area contributed by atoms with Gasteiger partial charge in [-0.05, 0) is 50.5 Å². The Labute approximate surface area is 161 Å². The number of halogens is 1. The fourth-order valence-electron chi connectivity index (χ4n) is 3.05. The molecule has 0 bridgehead atoms. The van der Waals surface area contributed by atoms with E-state index in [1.807, 2.05) is 0 Å². The number of nitrogens with one attached hydrogen (secondary N) is 1. The molecule has 2 heterocycles. The Morgan fingerprint density at radius 3 is 2.44 bits per heavy atom. The molecule has 1 aliphatic heterocycles. The molecular weight excluding hydrogens is 368 g/mol. The normalized spacial score (nSPS) is 14.1. The molecule has 2 aromatic rings. The SMILES string of the molecule is CC(=O)c1ccc(NC(=O)Cn2ncc(N3CCCCC3)c(Cl)c2=O)cc1. The average molecular weight is 389 g/mol. The van der Waals surface area contributed by atoms with E-state index in [1.165, 1.54) is 13.3 Å². The summed E-state index contributed by atoms with van der Waals surface area (Å²) in [6.07, 6.45) is 4.84. The highest BCUT2D eigenvalue weighted by atomic mass is 35.5. The molecule has 0 radical (unpaired) electrons. The van der Waals surface area contributed by atoms with Gasteiger partial charge in [-0.1, -0.05) is 11.6 Å². The van der Waals surface area contributed by atoms with Crippen molar-refractivity contribution in [2.45, 2.75) is 32.7 Å². The number of anilines is 2. The van der Waals surface area contributed by atoms with Crippen molar-refractivity contribution >= 4 is 34.7 Å². The van der Waals surface area contributed by atoms with E-state index in [-0.39, 0.29) is 17.4 Å². The fourth-order valence-corrected chi connectivity index (χ4v) is 3.31. The molecule has 1 amide bonds. The number of hydrogen-bond acceptors (Lipinski definition) is 5. The van der Waals surface area contributed by atoms with Crippen LogP contribution in [0.2, 0.25) is 5.02 Å². The zero-order chi connectivity index (χ0) is 19.4. The quantitative estimate of drug-likeness (QED) is 0.796. The maximum absolute atomic E-state index is 12.5. The maximum Gasteiger partial charge on any atom is 0.288 e. The summed E-state index contributed by atoms with van der Waals surface area (Å²) in [6, 6.07) is 6.54. The number of ketones is 1. The predicted molar refractivity (Wildman–Crippen MR) is 105 cm³/mol. The molecule has 1 aromatic heterocycles. The summed E-state index contributed by atoms with van der Waals surface area (Å²) in [7, 11) is 0. The molecule has 0 saturated carbocycles. The highest BCUT2D eigenvalue weighted by Crippen LogP contribution is 2.24. The first kappa shape index (κ1) is 19.1. The molecule has 0 aliphatic carbocycles. The minimum atomic E-state index is -0.484. The largest absolute Gasteiger partial charge is 0.369 e. The molecule has 0 spiro atoms. The molecule has 7 nitrogen and oxygen atoms in total. The van der Waals surface area contributed by atoms with Gasteiger partial charge in [-0.15, -0.1) is 0 Å². The summed E-state index contributed by atoms with van der Waals surface area (Å²) in [4.78, 5) is 38.0. The van der Waals surface area contributed by atoms with Gasteiger partial charge in [0.2, 0.25) is 5.91 Å². The van der Waals surface area contributed by atoms with E-state index >= 15 is 0 Å². The van der Waals surface area contributed by atoms with Crippen LogP contribution in [0.1, 0.15) is 36.5 Å². The van der Waals surface area contributed by atoms with Gasteiger partial charge in [-0.3, -0.25) is 14.4 Å². The van der Waals surface area contributed by atoms with E-state index in [2.05, 4.69) is 15.3 Å². The van der Waals surface area contributed by atoms with Crippen molar-refractivity contribution in [2.24, 2.45) is 0 Å². The van der Waals surface area contributed by atoms with Gasteiger partial charge in [0, 0.05) is 24.3 Å². The van der Waals surface area contributed by atoms with Crippen LogP contribution in [0, 0.1) is 0 Å². The molecule has 1 fully saturated rings. The molecule has 3 rings (SSSR count). The number of aromatic nitrogens is 2. The van der Waals surface area contributed by atoms with Crippen molar-refractivity contribution in [3.05, 3.63) is 51.4 Å². The van der Waals surface area contributed by atoms with Crippen molar-refractivity contribution < 1.29 is 9.59 Å². The zero-order valence-corrected chi connectivity index (χ0v) is 15.8. The summed E-state index contributed by atoms with van der Waals surface area (Å²) in [5.74, 6) is -0.450. The van der Waals surface area contributed by atoms with Crippen LogP contribution in [-0.2, 0) is 11.3 Å². The predicted octanol–water partition coefficient (Wildman–Crippen LogP) is 2.73. The number of rotatable bonds is 5. The second-order valence-electron chi connectivity index (χ2n) is 6.54. The Bertz CT molecular complexity index is 902. The number of carbonyl (C=O) groups is 2. The Morgan fingerprint density at radius 1 is 1.15 bits per heavy atom. The monoisotopic (exact) mass is 388 g/mol. The number of benzene rings is 1. The molecule has 8 heteroatoms. The summed E-state index contributed by atoms with van der Waals surface area (Å²) >= 11 is 6.24. The number of Topliss-reactive ketones (excluding diaryl/α,β-unsaturated/α-hetero) is 1. The minimum absolute atomic E-state index is 0.0490. The number of carbonyl (C=O) groups excluding carboxylic acids is 2. The van der Waals surface area contributed by atoms with Crippen LogP contribution >= 0.6 is 11.6 Å². The van der Waals surface area contributed by atoms with Gasteiger partial charge in [0.15, 0.2) is 5.78 Å². The highest BCUT2D eigenvalue weighted by molar-refractivity contribution is 6.33. The summed E-state index contributed by atoms with van der Waals surface area (Å²) in [5, 5.41) is 6.87. The van der Waals surface area contributed by atoms with Crippen LogP contribution in [0.5, 0.6) is 0 Å². The minimum Gasteiger partial charge on any atom is -0.369 e. The van der Waals surface area contributed by atoms with E-state index in [4.69, 9.17) is 11.6 Å². The Morgan fingerprint density at radius 2 is 1.81 bits per heavy atom. The first-order valence-corrected chi connectivity index (χ1v) is 9.25. The van der Waals surface area contributed by atoms with Crippen molar-refractivity contribution in [3.8, 4) is 0 Å². The van der Waals surface area contributed by atoms with Crippen LogP contribution < -0.4 is 15.8 Å². The molecule has 1 N–H and O–H groups in total. The number of hydrogen-bond donors (Lipinski definition) is 1. The van der Waals surface area contributed by atoms with Crippen molar-refractivity contribution in [2.75, 3.05) is 23.3 Å². The van der Waals surface area contributed by atoms with Gasteiger partial charge in [0.25, 0.3) is 5.56 Å². The molecule has 0 unspecified atom stereocenters. The molecule has 142 valence electrons. The summed E-state index contributed by atoms with van der Waals surface area (Å²) in [6.45, 7) is 2.93. The third-order valence-corrected chi connectivity index (χ3v) is 4.89. The molecule has 27 heavy (non-hydrogen) atoms. The van der Waals surface area contributed by atoms with Gasteiger partial charge in [-0.2, -0.15) is 5.10 Å². The molecule has 0 atom stereocenters. The lowest BCUT2D eigenvalue weighted by atomic mass is 10.1. The van der Waals surface area contributed by atoms with Gasteiger partial charge < -0.3 is 10.2 Å². The molecule has 1 saturated heterocycles. The standard InChI is InChI=1S/C19H21ClN4O3/c1-13(25)14-5-7-15(8-6-14)22-17(26)12-24-19(27)18(20)16(11-21-24)23-9-3-2-4-10-23/h5-8,11H,2-4,9-10,12H2,1H3,(H,22,26). The lowest BCUT2D eigenvalue weighted by molar-refractivity contribution is -0.117. The van der Waals surface area contributed by atoms with Crippen molar-refractivity contribution in [1.82, 2.24) is 9.78 Å². The van der Waals surface area contributed by atoms with Crippen molar-refractivity contribution in [1.29, 1.82) is 0 Å². The third kappa shape index (κ3) is 4.54. The van der Waals surface area contributed by atoms with Crippen LogP contribution in [-0.4, -0.2) is 34.6 Å². The van der Waals surface area contributed by atoms with Crippen LogP contribution in [0.4, 0.5) is 11.4 Å². The lowest BCUT2D eigenvalue weighted by Crippen LogP contribution is -2.34. The third-order valence-electron chi connectivity index (χ3n) is 4.53. The van der Waals surface area contributed by atoms with E-state index in [0.717, 1.165) is 30.6 Å². The first-order chi connectivity index (χ1) is 13.0. The number of amides is 1. The van der Waals surface area contributed by atoms with E-state index in [0.29, 0.717) is 16.9 Å². The second kappa shape index (κ2) is 8.35. The van der Waals surface area contributed by atoms with E-state index < -0.39 is 11.5 Å². The Hall–Kier alpha value is -2.67. The topological polar surface area (TPSA) is 84.3 Å². The lowest BCUT2D eigenvalue weighted by Gasteiger charge is -2.29. The van der Waals surface area contributed by atoms with Gasteiger partial charge >= 0.3 is 0 Å². The van der Waals surface area contributed by atoms with Crippen LogP contribution in [0.25, 0.3) is 0 Å². The summed E-state index contributed by atoms with van der Waals surface area (Å²) < 4.78 is 1.05. The number of piperidine rings is 1. The van der Waals surface area contributed by atoms with Gasteiger partial charge in [0.05, 0.1) is 11.9 Å². The molecule has 1 aromatic carbocycles. The fraction of sp³-hybridized carbons (Fsp3) is 0.368. The average Bonchev–Trinajstić information content (AvgIpc) is 2.67. The Balaban J connectivity index is 1.69. The maximum atomic E-state index is 12.5. The smallest absolute Gasteiger partial charge is 0.288 e. The van der Waals surface area contributed by atoms with Crippen LogP contribution in [0.3, 0.4) is 0 Å². The zero-order valence-electron chi connectivity index (χ0n) is 15.1. The molecule has 1 aliphatic rings. The van der Waals surface area contributed by atoms with Gasteiger partial charge in [-0.25, -0.2) is 4.68 Å². The Kier molecular flexibility index (Phi) is 5.91. The van der Waals surface area contributed by atoms with Gasteiger partial charge in [0.1, 0.15) is 11.6 Å². The van der Waals surface area contributed by atoms with Crippen molar-refractivity contribution in [3.63, 3.8) is 0 Å². The summed E-state index contributed by atoms with van der Waals surface area (Å²) in [5.41, 5.74) is 1.24. The van der Waals surface area contributed by atoms with E-state index in [1.54, 1.807) is 30.5 Å².